The first-order chi connectivity index (χ1) is 12.6. The first-order valence-electron chi connectivity index (χ1n) is 8.32. The molecule has 0 saturated heterocycles. The molecule has 2 atom stereocenters. The number of carbonyl (C=O) groups is 1. The van der Waals surface area contributed by atoms with Gasteiger partial charge in [-0.2, -0.15) is 5.10 Å². The lowest BCUT2D eigenvalue weighted by atomic mass is 9.88. The third-order valence-electron chi connectivity index (χ3n) is 4.91. The molecule has 3 aliphatic heterocycles. The molecule has 0 aromatic heterocycles. The second-order valence-electron chi connectivity index (χ2n) is 6.46. The van der Waals surface area contributed by atoms with Crippen LogP contribution in [0.25, 0.3) is 0 Å². The summed E-state index contributed by atoms with van der Waals surface area (Å²) in [7, 11) is 0. The van der Waals surface area contributed by atoms with Gasteiger partial charge in [-0.1, -0.05) is 17.7 Å². The van der Waals surface area contributed by atoms with Gasteiger partial charge in [0.15, 0.2) is 11.5 Å². The predicted octanol–water partition coefficient (Wildman–Crippen LogP) is 4.10. The molecule has 2 aromatic carbocycles. The largest absolute Gasteiger partial charge is 0.454 e. The van der Waals surface area contributed by atoms with Crippen LogP contribution < -0.4 is 9.47 Å². The quantitative estimate of drug-likeness (QED) is 0.740. The van der Waals surface area contributed by atoms with Gasteiger partial charge in [0.1, 0.15) is 0 Å². The van der Waals surface area contributed by atoms with E-state index in [9.17, 15) is 4.79 Å². The van der Waals surface area contributed by atoms with Crippen LogP contribution in [0.2, 0.25) is 5.02 Å². The van der Waals surface area contributed by atoms with E-state index < -0.39 is 0 Å². The number of benzene rings is 2. The molecule has 5 nitrogen and oxygen atoms in total. The lowest BCUT2D eigenvalue weighted by molar-refractivity contribution is -0.131. The molecule has 0 fully saturated rings. The van der Waals surface area contributed by atoms with Gasteiger partial charge in [-0.05, 0) is 35.9 Å². The lowest BCUT2D eigenvalue weighted by Crippen LogP contribution is -2.31. The summed E-state index contributed by atoms with van der Waals surface area (Å²) in [6.07, 6.45) is 0. The Morgan fingerprint density at radius 1 is 1.23 bits per heavy atom. The van der Waals surface area contributed by atoms with Gasteiger partial charge in [0.25, 0.3) is 0 Å². The highest BCUT2D eigenvalue weighted by atomic mass is 35.5. The minimum Gasteiger partial charge on any atom is -0.454 e. The average Bonchev–Trinajstić information content (AvgIpc) is 3.25. The van der Waals surface area contributed by atoms with Crippen molar-refractivity contribution in [3.63, 3.8) is 0 Å². The van der Waals surface area contributed by atoms with Crippen LogP contribution in [0.3, 0.4) is 0 Å². The Kier molecular flexibility index (Phi) is 3.65. The van der Waals surface area contributed by atoms with E-state index in [1.54, 1.807) is 23.7 Å². The van der Waals surface area contributed by atoms with Gasteiger partial charge in [-0.15, -0.1) is 11.8 Å². The number of rotatable bonds is 1. The average molecular weight is 387 g/mol. The van der Waals surface area contributed by atoms with Crippen molar-refractivity contribution < 1.29 is 14.3 Å². The van der Waals surface area contributed by atoms with E-state index >= 15 is 0 Å². The highest BCUT2D eigenvalue weighted by Gasteiger charge is 2.43. The van der Waals surface area contributed by atoms with Crippen LogP contribution in [-0.4, -0.2) is 29.2 Å². The Morgan fingerprint density at radius 3 is 2.92 bits per heavy atom. The zero-order chi connectivity index (χ0) is 17.8. The van der Waals surface area contributed by atoms with E-state index in [0.29, 0.717) is 10.8 Å². The third-order valence-corrected chi connectivity index (χ3v) is 6.34. The molecule has 0 saturated carbocycles. The molecule has 5 rings (SSSR count). The summed E-state index contributed by atoms with van der Waals surface area (Å²) in [4.78, 5) is 13.5. The molecule has 0 bridgehead atoms. The fourth-order valence-electron chi connectivity index (χ4n) is 3.74. The number of nitrogens with zero attached hydrogens (tertiary/aromatic N) is 2. The SMILES string of the molecule is CC(=O)N1N=C2c3cc(Cl)ccc3SC[C@@H]2[C@@H]1c1ccc2c(c1)OCO2. The number of hydrazone groups is 1. The molecule has 1 amide bonds. The van der Waals surface area contributed by atoms with Gasteiger partial charge < -0.3 is 9.47 Å². The summed E-state index contributed by atoms with van der Waals surface area (Å²) in [5.74, 6) is 2.33. The number of amides is 1. The van der Waals surface area contributed by atoms with Crippen molar-refractivity contribution in [2.45, 2.75) is 17.9 Å². The summed E-state index contributed by atoms with van der Waals surface area (Å²) in [5, 5.41) is 6.97. The number of thioether (sulfide) groups is 1. The number of hydrogen-bond donors (Lipinski definition) is 0. The maximum atomic E-state index is 12.3. The Morgan fingerprint density at radius 2 is 2.08 bits per heavy atom. The normalized spacial score (nSPS) is 22.7. The number of fused-ring (bicyclic) bond motifs is 4. The molecule has 7 heteroatoms. The smallest absolute Gasteiger partial charge is 0.240 e. The van der Waals surface area contributed by atoms with Crippen molar-refractivity contribution in [3.05, 3.63) is 52.5 Å². The van der Waals surface area contributed by atoms with Crippen LogP contribution in [0.15, 0.2) is 46.4 Å². The predicted molar refractivity (Wildman–Crippen MR) is 100 cm³/mol. The molecule has 0 aliphatic carbocycles. The first-order valence-corrected chi connectivity index (χ1v) is 9.69. The van der Waals surface area contributed by atoms with Gasteiger partial charge >= 0.3 is 0 Å². The topological polar surface area (TPSA) is 51.1 Å². The molecular formula is C19H15ClN2O3S. The highest BCUT2D eigenvalue weighted by Crippen LogP contribution is 2.47. The molecule has 3 heterocycles. The molecule has 0 unspecified atom stereocenters. The van der Waals surface area contributed by atoms with Crippen LogP contribution in [0.4, 0.5) is 0 Å². The number of carbonyl (C=O) groups excluding carboxylic acids is 1. The first kappa shape index (κ1) is 16.0. The van der Waals surface area contributed by atoms with E-state index in [4.69, 9.17) is 26.2 Å². The Balaban J connectivity index is 1.60. The van der Waals surface area contributed by atoms with E-state index in [-0.39, 0.29) is 24.7 Å². The monoisotopic (exact) mass is 386 g/mol. The van der Waals surface area contributed by atoms with Crippen molar-refractivity contribution >= 4 is 35.0 Å². The fourth-order valence-corrected chi connectivity index (χ4v) is 5.10. The van der Waals surface area contributed by atoms with E-state index in [2.05, 4.69) is 0 Å². The van der Waals surface area contributed by atoms with E-state index in [1.807, 2.05) is 36.4 Å². The molecule has 26 heavy (non-hydrogen) atoms. The summed E-state index contributed by atoms with van der Waals surface area (Å²) in [6, 6.07) is 11.5. The Labute approximate surface area is 159 Å². The van der Waals surface area contributed by atoms with Gasteiger partial charge in [0.2, 0.25) is 12.7 Å². The third kappa shape index (κ3) is 2.40. The van der Waals surface area contributed by atoms with Crippen LogP contribution in [-0.2, 0) is 4.79 Å². The molecule has 132 valence electrons. The summed E-state index contributed by atoms with van der Waals surface area (Å²) < 4.78 is 10.9. The van der Waals surface area contributed by atoms with Crippen LogP contribution in [0, 0.1) is 5.92 Å². The summed E-state index contributed by atoms with van der Waals surface area (Å²) >= 11 is 7.99. The lowest BCUT2D eigenvalue weighted by Gasteiger charge is -2.29. The Hall–Kier alpha value is -2.18. The zero-order valence-corrected chi connectivity index (χ0v) is 15.5. The van der Waals surface area contributed by atoms with Crippen LogP contribution in [0.1, 0.15) is 24.1 Å². The second kappa shape index (κ2) is 5.93. The van der Waals surface area contributed by atoms with Crippen molar-refractivity contribution in [2.24, 2.45) is 11.0 Å². The maximum absolute atomic E-state index is 12.3. The molecule has 0 N–H and O–H groups in total. The fraction of sp³-hybridized carbons (Fsp3) is 0.263. The van der Waals surface area contributed by atoms with Crippen LogP contribution in [0.5, 0.6) is 11.5 Å². The van der Waals surface area contributed by atoms with Crippen molar-refractivity contribution in [3.8, 4) is 11.5 Å². The minimum absolute atomic E-state index is 0.0804. The number of halogens is 1. The standard InChI is InChI=1S/C19H15ClN2O3S/c1-10(23)22-19(11-2-4-15-16(6-11)25-9-24-15)14-8-26-17-5-3-12(20)7-13(17)18(14)21-22/h2-7,14,19H,8-9H2,1H3/t14-,19-/m0/s1. The summed E-state index contributed by atoms with van der Waals surface area (Å²) in [5.41, 5.74) is 2.95. The van der Waals surface area contributed by atoms with Crippen molar-refractivity contribution in [2.75, 3.05) is 12.5 Å². The highest BCUT2D eigenvalue weighted by molar-refractivity contribution is 7.99. The van der Waals surface area contributed by atoms with E-state index in [1.165, 1.54) is 0 Å². The van der Waals surface area contributed by atoms with E-state index in [0.717, 1.165) is 33.2 Å². The van der Waals surface area contributed by atoms with Crippen molar-refractivity contribution in [1.29, 1.82) is 0 Å². The van der Waals surface area contributed by atoms with Gasteiger partial charge in [0, 0.05) is 34.1 Å². The molecule has 0 spiro atoms. The number of ether oxygens (including phenoxy) is 2. The number of hydrogen-bond acceptors (Lipinski definition) is 5. The van der Waals surface area contributed by atoms with Gasteiger partial charge in [-0.25, -0.2) is 5.01 Å². The minimum atomic E-state index is -0.156. The van der Waals surface area contributed by atoms with Crippen LogP contribution >= 0.6 is 23.4 Å². The molecule has 0 radical (unpaired) electrons. The summed E-state index contributed by atoms with van der Waals surface area (Å²) in [6.45, 7) is 1.78. The zero-order valence-electron chi connectivity index (χ0n) is 13.9. The molecule has 3 aliphatic rings. The van der Waals surface area contributed by atoms with Crippen molar-refractivity contribution in [1.82, 2.24) is 5.01 Å². The molecule has 2 aromatic rings. The van der Waals surface area contributed by atoms with Gasteiger partial charge in [-0.3, -0.25) is 4.79 Å². The Bertz CT molecular complexity index is 962. The maximum Gasteiger partial charge on any atom is 0.240 e. The second-order valence-corrected chi connectivity index (χ2v) is 7.96. The molecular weight excluding hydrogens is 372 g/mol. The van der Waals surface area contributed by atoms with Gasteiger partial charge in [0.05, 0.1) is 11.8 Å².